The Morgan fingerprint density at radius 2 is 2.19 bits per heavy atom. The number of H-pyrrole nitrogens is 1. The van der Waals surface area contributed by atoms with E-state index in [2.05, 4.69) is 41.1 Å². The van der Waals surface area contributed by atoms with Gasteiger partial charge < -0.3 is 9.64 Å². The Morgan fingerprint density at radius 3 is 2.85 bits per heavy atom. The number of ether oxygens (including phenoxy) is 1. The normalized spacial score (nSPS) is 18.0. The number of nitrogens with one attached hydrogen (secondary N) is 1. The summed E-state index contributed by atoms with van der Waals surface area (Å²) >= 11 is 0. The van der Waals surface area contributed by atoms with E-state index in [0.29, 0.717) is 13.2 Å². The fourth-order valence-corrected chi connectivity index (χ4v) is 3.73. The number of nitrogens with zero attached hydrogens (tertiary/aromatic N) is 5. The Morgan fingerprint density at radius 1 is 1.37 bits per heavy atom. The van der Waals surface area contributed by atoms with Crippen molar-refractivity contribution in [2.45, 2.75) is 39.2 Å². The second kappa shape index (κ2) is 6.39. The third-order valence-electron chi connectivity index (χ3n) is 5.28. The molecule has 1 N–H and O–H groups in total. The zero-order valence-corrected chi connectivity index (χ0v) is 16.2. The molecule has 0 aliphatic carbocycles. The molecule has 0 radical (unpaired) electrons. The van der Waals surface area contributed by atoms with Crippen molar-refractivity contribution in [2.24, 2.45) is 0 Å². The van der Waals surface area contributed by atoms with Crippen LogP contribution < -0.4 is 4.90 Å². The molecular weight excluding hydrogens is 340 g/mol. The Bertz CT molecular complexity index is 1010. The van der Waals surface area contributed by atoms with Crippen molar-refractivity contribution in [3.63, 3.8) is 0 Å². The highest BCUT2D eigenvalue weighted by Gasteiger charge is 2.29. The summed E-state index contributed by atoms with van der Waals surface area (Å²) in [5.74, 6) is 1.67. The number of aryl methyl sites for hydroxylation is 1. The second-order valence-electron chi connectivity index (χ2n) is 7.70. The first kappa shape index (κ1) is 17.6. The van der Waals surface area contributed by atoms with Gasteiger partial charge in [0.2, 0.25) is 0 Å². The van der Waals surface area contributed by atoms with Gasteiger partial charge in [0.15, 0.2) is 5.82 Å². The molecule has 1 saturated heterocycles. The monoisotopic (exact) mass is 364 g/mol. The van der Waals surface area contributed by atoms with Gasteiger partial charge in [-0.15, -0.1) is 0 Å². The van der Waals surface area contributed by atoms with Gasteiger partial charge in [-0.3, -0.25) is 9.67 Å². The summed E-state index contributed by atoms with van der Waals surface area (Å²) < 4.78 is 7.58. The lowest BCUT2D eigenvalue weighted by atomic mass is 9.84. The number of rotatable bonds is 3. The van der Waals surface area contributed by atoms with Gasteiger partial charge in [-0.2, -0.15) is 10.4 Å². The maximum absolute atomic E-state index is 9.81. The Hall–Kier alpha value is -2.85. The van der Waals surface area contributed by atoms with E-state index in [1.807, 2.05) is 30.7 Å². The van der Waals surface area contributed by atoms with Gasteiger partial charge in [0.25, 0.3) is 0 Å². The average molecular weight is 364 g/mol. The molecule has 1 atom stereocenters. The predicted octanol–water partition coefficient (Wildman–Crippen LogP) is 3.08. The fourth-order valence-electron chi connectivity index (χ4n) is 3.73. The van der Waals surface area contributed by atoms with Gasteiger partial charge in [-0.25, -0.2) is 4.98 Å². The molecule has 1 fully saturated rings. The van der Waals surface area contributed by atoms with Gasteiger partial charge in [0, 0.05) is 30.4 Å². The molecule has 4 rings (SSSR count). The van der Waals surface area contributed by atoms with Crippen LogP contribution in [-0.2, 0) is 10.2 Å². The first-order valence-corrected chi connectivity index (χ1v) is 9.21. The summed E-state index contributed by atoms with van der Waals surface area (Å²) in [5, 5.41) is 18.0. The topological polar surface area (TPSA) is 82.8 Å². The maximum Gasteiger partial charge on any atom is 0.160 e. The largest absolute Gasteiger partial charge is 0.377 e. The van der Waals surface area contributed by atoms with E-state index in [0.717, 1.165) is 40.3 Å². The number of anilines is 1. The molecule has 0 spiro atoms. The van der Waals surface area contributed by atoms with Crippen LogP contribution in [0.1, 0.15) is 31.9 Å². The lowest BCUT2D eigenvalue weighted by molar-refractivity contribution is 0.0985. The van der Waals surface area contributed by atoms with Crippen molar-refractivity contribution in [1.82, 2.24) is 19.7 Å². The van der Waals surface area contributed by atoms with Crippen molar-refractivity contribution in [1.29, 1.82) is 5.26 Å². The fraction of sp³-hybridized carbons (Fsp3) is 0.450. The summed E-state index contributed by atoms with van der Waals surface area (Å²) in [4.78, 5) is 7.27. The third kappa shape index (κ3) is 2.86. The Balaban J connectivity index is 2.01. The minimum Gasteiger partial charge on any atom is -0.377 e. The minimum atomic E-state index is -0.631. The highest BCUT2D eigenvalue weighted by molar-refractivity contribution is 5.88. The van der Waals surface area contributed by atoms with Crippen LogP contribution in [0.4, 0.5) is 5.82 Å². The number of hydrogen-bond donors (Lipinski definition) is 1. The predicted molar refractivity (Wildman–Crippen MR) is 104 cm³/mol. The molecule has 1 aliphatic rings. The molecule has 0 amide bonds. The van der Waals surface area contributed by atoms with Crippen molar-refractivity contribution < 1.29 is 4.74 Å². The van der Waals surface area contributed by atoms with E-state index in [1.54, 1.807) is 6.20 Å². The van der Waals surface area contributed by atoms with Crippen LogP contribution in [0.25, 0.3) is 16.9 Å². The number of pyridine rings is 1. The first-order chi connectivity index (χ1) is 12.9. The Kier molecular flexibility index (Phi) is 4.16. The quantitative estimate of drug-likeness (QED) is 0.772. The second-order valence-corrected chi connectivity index (χ2v) is 7.70. The number of hydrogen-bond acceptors (Lipinski definition) is 5. The number of morpholine rings is 1. The van der Waals surface area contributed by atoms with Crippen molar-refractivity contribution >= 4 is 16.9 Å². The van der Waals surface area contributed by atoms with Gasteiger partial charge in [0.05, 0.1) is 30.7 Å². The van der Waals surface area contributed by atoms with Gasteiger partial charge in [-0.1, -0.05) is 0 Å². The molecular formula is C20H24N6O. The van der Waals surface area contributed by atoms with Crippen molar-refractivity contribution in [2.75, 3.05) is 24.7 Å². The smallest absolute Gasteiger partial charge is 0.160 e. The van der Waals surface area contributed by atoms with Crippen LogP contribution in [0.5, 0.6) is 0 Å². The van der Waals surface area contributed by atoms with E-state index >= 15 is 0 Å². The average Bonchev–Trinajstić information content (AvgIpc) is 3.29. The van der Waals surface area contributed by atoms with Crippen LogP contribution in [0, 0.1) is 18.3 Å². The molecule has 7 nitrogen and oxygen atoms in total. The van der Waals surface area contributed by atoms with Crippen LogP contribution >= 0.6 is 0 Å². The van der Waals surface area contributed by atoms with E-state index in [9.17, 15) is 5.26 Å². The first-order valence-electron chi connectivity index (χ1n) is 9.21. The third-order valence-corrected chi connectivity index (χ3v) is 5.28. The highest BCUT2D eigenvalue weighted by atomic mass is 16.5. The highest BCUT2D eigenvalue weighted by Crippen LogP contribution is 2.36. The molecule has 3 aromatic rings. The zero-order valence-electron chi connectivity index (χ0n) is 16.2. The Labute approximate surface area is 158 Å². The summed E-state index contributed by atoms with van der Waals surface area (Å²) in [7, 11) is 0. The number of aromatic nitrogens is 4. The summed E-state index contributed by atoms with van der Waals surface area (Å²) in [6.45, 7) is 10.3. The lowest BCUT2D eigenvalue weighted by Gasteiger charge is -2.35. The van der Waals surface area contributed by atoms with E-state index in [-0.39, 0.29) is 6.04 Å². The molecule has 27 heavy (non-hydrogen) atoms. The standard InChI is InChI=1S/C20H24N6O/c1-13-10-26(16-5-6-22-24-16)19-18(13)15(20(3,4)12-21)9-17(23-19)25-7-8-27-11-14(25)2/h5-6,9-10,14H,7-8,11H2,1-4H3,(H,22,24)/t14-/m1/s1. The van der Waals surface area contributed by atoms with Crippen molar-refractivity contribution in [3.05, 3.63) is 35.7 Å². The molecule has 0 unspecified atom stereocenters. The molecule has 0 saturated carbocycles. The number of aromatic amines is 1. The minimum absolute atomic E-state index is 0.233. The molecule has 0 aromatic carbocycles. The van der Waals surface area contributed by atoms with E-state index < -0.39 is 5.41 Å². The van der Waals surface area contributed by atoms with Crippen LogP contribution in [0.15, 0.2) is 24.5 Å². The van der Waals surface area contributed by atoms with Gasteiger partial charge in [0.1, 0.15) is 11.5 Å². The summed E-state index contributed by atoms with van der Waals surface area (Å²) in [5.41, 5.74) is 2.28. The van der Waals surface area contributed by atoms with E-state index in [1.165, 1.54) is 0 Å². The summed E-state index contributed by atoms with van der Waals surface area (Å²) in [6.07, 6.45) is 3.84. The van der Waals surface area contributed by atoms with Gasteiger partial charge in [-0.05, 0) is 44.9 Å². The molecule has 0 bridgehead atoms. The SMILES string of the molecule is Cc1cn(-c2cc[nH]n2)c2nc(N3CCOC[C@H]3C)cc(C(C)(C)C#N)c12. The summed E-state index contributed by atoms with van der Waals surface area (Å²) in [6, 6.07) is 6.69. The molecule has 140 valence electrons. The van der Waals surface area contributed by atoms with Crippen LogP contribution in [0.2, 0.25) is 0 Å². The lowest BCUT2D eigenvalue weighted by Crippen LogP contribution is -2.44. The van der Waals surface area contributed by atoms with Gasteiger partial charge >= 0.3 is 0 Å². The van der Waals surface area contributed by atoms with Crippen LogP contribution in [-0.4, -0.2) is 45.5 Å². The maximum atomic E-state index is 9.81. The number of nitriles is 1. The molecule has 3 aromatic heterocycles. The number of fused-ring (bicyclic) bond motifs is 1. The van der Waals surface area contributed by atoms with Crippen molar-refractivity contribution in [3.8, 4) is 11.9 Å². The van der Waals surface area contributed by atoms with E-state index in [4.69, 9.17) is 9.72 Å². The molecule has 1 aliphatic heterocycles. The molecule has 7 heteroatoms. The zero-order chi connectivity index (χ0) is 19.2. The molecule has 4 heterocycles. The van der Waals surface area contributed by atoms with Crippen LogP contribution in [0.3, 0.4) is 0 Å².